The number of aromatic nitrogens is 1. The molecule has 2 saturated heterocycles. The fourth-order valence-corrected chi connectivity index (χ4v) is 6.88. The van der Waals surface area contributed by atoms with E-state index in [-0.39, 0.29) is 18.2 Å². The largest absolute Gasteiger partial charge is 0.416 e. The molecule has 3 atom stereocenters. The molecule has 0 N–H and O–H groups in total. The zero-order valence-electron chi connectivity index (χ0n) is 20.3. The smallest absolute Gasteiger partial charge is 0.380 e. The van der Waals surface area contributed by atoms with Gasteiger partial charge >= 0.3 is 6.18 Å². The third-order valence-electron chi connectivity index (χ3n) is 7.52. The van der Waals surface area contributed by atoms with Crippen molar-refractivity contribution in [3.05, 3.63) is 65.0 Å². The molecular formula is C27H32F3N3O2S. The van der Waals surface area contributed by atoms with Crippen LogP contribution >= 0.6 is 11.8 Å². The predicted molar refractivity (Wildman–Crippen MR) is 134 cm³/mol. The Hall–Kier alpha value is -1.94. The second-order valence-electron chi connectivity index (χ2n) is 10.1. The number of thioether (sulfide) groups is 1. The Kier molecular flexibility index (Phi) is 8.00. The van der Waals surface area contributed by atoms with Crippen molar-refractivity contribution in [1.29, 1.82) is 0 Å². The topological polar surface area (TPSA) is 45.7 Å². The van der Waals surface area contributed by atoms with Crippen molar-refractivity contribution in [3.8, 4) is 0 Å². The summed E-state index contributed by atoms with van der Waals surface area (Å²) in [6, 6.07) is 10.3. The first-order valence-electron chi connectivity index (χ1n) is 12.6. The van der Waals surface area contributed by atoms with E-state index < -0.39 is 11.7 Å². The number of rotatable bonds is 8. The Morgan fingerprint density at radius 1 is 1.17 bits per heavy atom. The number of nitrogens with zero attached hydrogens (tertiary/aromatic N) is 3. The minimum atomic E-state index is -4.35. The van der Waals surface area contributed by atoms with Crippen molar-refractivity contribution in [2.24, 2.45) is 5.92 Å². The maximum atomic E-state index is 13.2. The minimum absolute atomic E-state index is 0.170. The van der Waals surface area contributed by atoms with Gasteiger partial charge in [-0.2, -0.15) is 24.9 Å². The normalized spacial score (nSPS) is 25.2. The Bertz CT molecular complexity index is 1050. The van der Waals surface area contributed by atoms with Gasteiger partial charge in [-0.15, -0.1) is 0 Å². The molecular weight excluding hydrogens is 487 g/mol. The molecule has 3 aliphatic rings. The molecule has 0 bridgehead atoms. The summed E-state index contributed by atoms with van der Waals surface area (Å²) < 4.78 is 45.1. The van der Waals surface area contributed by atoms with Crippen LogP contribution in [0.1, 0.15) is 35.2 Å². The molecule has 3 aliphatic heterocycles. The Morgan fingerprint density at radius 2 is 2.06 bits per heavy atom. The van der Waals surface area contributed by atoms with Crippen LogP contribution in [0.4, 0.5) is 13.2 Å². The van der Waals surface area contributed by atoms with Crippen LogP contribution in [0.25, 0.3) is 0 Å². The fraction of sp³-hybridized carbons (Fsp3) is 0.556. The van der Waals surface area contributed by atoms with Gasteiger partial charge in [-0.1, -0.05) is 12.1 Å². The first-order valence-corrected chi connectivity index (χ1v) is 13.7. The molecule has 0 amide bonds. The number of pyridine rings is 1. The lowest BCUT2D eigenvalue weighted by atomic mass is 9.96. The van der Waals surface area contributed by atoms with Crippen LogP contribution in [-0.2, 0) is 34.4 Å². The van der Waals surface area contributed by atoms with Gasteiger partial charge in [0, 0.05) is 62.4 Å². The Labute approximate surface area is 214 Å². The molecule has 0 radical (unpaired) electrons. The van der Waals surface area contributed by atoms with Crippen molar-refractivity contribution >= 4 is 17.5 Å². The molecule has 0 spiro atoms. The molecule has 5 nitrogen and oxygen atoms in total. The molecule has 4 heterocycles. The summed E-state index contributed by atoms with van der Waals surface area (Å²) in [5.41, 5.74) is 2.05. The quantitative estimate of drug-likeness (QED) is 0.514. The lowest BCUT2D eigenvalue weighted by Crippen LogP contribution is -2.36. The van der Waals surface area contributed by atoms with Crippen LogP contribution in [0.3, 0.4) is 0 Å². The fourth-order valence-electron chi connectivity index (χ4n) is 5.58. The van der Waals surface area contributed by atoms with Crippen LogP contribution in [0, 0.1) is 5.92 Å². The molecule has 194 valence electrons. The van der Waals surface area contributed by atoms with Crippen LogP contribution in [0.15, 0.2) is 42.6 Å². The molecule has 1 aromatic carbocycles. The van der Waals surface area contributed by atoms with E-state index in [2.05, 4.69) is 9.88 Å². The van der Waals surface area contributed by atoms with Crippen molar-refractivity contribution in [3.63, 3.8) is 0 Å². The first kappa shape index (κ1) is 25.7. The second-order valence-corrected chi connectivity index (χ2v) is 11.3. The summed E-state index contributed by atoms with van der Waals surface area (Å²) in [7, 11) is 0. The van der Waals surface area contributed by atoms with Crippen molar-refractivity contribution in [2.75, 3.05) is 39.4 Å². The molecule has 9 heteroatoms. The SMILES string of the molecule is O=C(CC1CN(C2CCOC2)C[C@@H]1SCc1ccccn1)CN1CCc2ccc(C(F)(F)F)cc2C1. The average Bonchev–Trinajstić information content (AvgIpc) is 3.53. The summed E-state index contributed by atoms with van der Waals surface area (Å²) in [6.45, 7) is 4.75. The van der Waals surface area contributed by atoms with Gasteiger partial charge in [0.1, 0.15) is 5.78 Å². The van der Waals surface area contributed by atoms with Crippen molar-refractivity contribution in [1.82, 2.24) is 14.8 Å². The summed E-state index contributed by atoms with van der Waals surface area (Å²) in [5, 5.41) is 0.341. The number of likely N-dealkylation sites (tertiary alicyclic amines) is 1. The van der Waals surface area contributed by atoms with Crippen molar-refractivity contribution in [2.45, 2.75) is 49.0 Å². The number of fused-ring (bicyclic) bond motifs is 1. The number of benzene rings is 1. The van der Waals surface area contributed by atoms with Gasteiger partial charge in [-0.05, 0) is 54.2 Å². The molecule has 2 aromatic rings. The van der Waals surface area contributed by atoms with Gasteiger partial charge < -0.3 is 4.74 Å². The summed E-state index contributed by atoms with van der Waals surface area (Å²) >= 11 is 1.87. The van der Waals surface area contributed by atoms with Gasteiger partial charge in [-0.3, -0.25) is 19.6 Å². The second kappa shape index (κ2) is 11.2. The maximum absolute atomic E-state index is 13.2. The number of carbonyl (C=O) groups is 1. The third kappa shape index (κ3) is 6.30. The van der Waals surface area contributed by atoms with Crippen LogP contribution in [0.2, 0.25) is 0 Å². The van der Waals surface area contributed by atoms with E-state index in [0.717, 1.165) is 55.8 Å². The highest BCUT2D eigenvalue weighted by Crippen LogP contribution is 2.35. The Balaban J connectivity index is 1.20. The number of halogens is 3. The molecule has 36 heavy (non-hydrogen) atoms. The molecule has 2 unspecified atom stereocenters. The minimum Gasteiger partial charge on any atom is -0.380 e. The number of carbonyl (C=O) groups excluding carboxylic acids is 1. The number of hydrogen-bond acceptors (Lipinski definition) is 6. The number of hydrogen-bond donors (Lipinski definition) is 0. The van der Waals surface area contributed by atoms with Crippen LogP contribution in [-0.4, -0.2) is 71.3 Å². The monoisotopic (exact) mass is 519 g/mol. The lowest BCUT2D eigenvalue weighted by Gasteiger charge is -2.29. The van der Waals surface area contributed by atoms with Gasteiger partial charge in [0.15, 0.2) is 0 Å². The van der Waals surface area contributed by atoms with Gasteiger partial charge in [0.25, 0.3) is 0 Å². The van der Waals surface area contributed by atoms with E-state index in [1.807, 2.05) is 41.1 Å². The third-order valence-corrected chi connectivity index (χ3v) is 8.94. The highest BCUT2D eigenvalue weighted by Gasteiger charge is 2.39. The van der Waals surface area contributed by atoms with Gasteiger partial charge in [0.2, 0.25) is 0 Å². The summed E-state index contributed by atoms with van der Waals surface area (Å²) in [6.07, 6.45) is -0.348. The van der Waals surface area contributed by atoms with Crippen molar-refractivity contribution < 1.29 is 22.7 Å². The van der Waals surface area contributed by atoms with E-state index in [9.17, 15) is 18.0 Å². The molecule has 0 aliphatic carbocycles. The predicted octanol–water partition coefficient (Wildman–Crippen LogP) is 4.44. The van der Waals surface area contributed by atoms with E-state index in [1.165, 1.54) is 6.07 Å². The molecule has 1 aromatic heterocycles. The van der Waals surface area contributed by atoms with E-state index in [0.29, 0.717) is 42.8 Å². The number of alkyl halides is 3. The summed E-state index contributed by atoms with van der Waals surface area (Å²) in [4.78, 5) is 22.1. The highest BCUT2D eigenvalue weighted by atomic mass is 32.2. The zero-order valence-corrected chi connectivity index (χ0v) is 21.1. The van der Waals surface area contributed by atoms with Gasteiger partial charge in [-0.25, -0.2) is 0 Å². The summed E-state index contributed by atoms with van der Waals surface area (Å²) in [5.74, 6) is 1.24. The van der Waals surface area contributed by atoms with E-state index >= 15 is 0 Å². The number of Topliss-reactive ketones (excluding diaryl/α,β-unsaturated/α-hetero) is 1. The van der Waals surface area contributed by atoms with Crippen LogP contribution < -0.4 is 0 Å². The zero-order chi connectivity index (χ0) is 25.1. The van der Waals surface area contributed by atoms with E-state index in [1.54, 1.807) is 6.07 Å². The first-order chi connectivity index (χ1) is 17.3. The molecule has 5 rings (SSSR count). The number of ether oxygens (including phenoxy) is 1. The maximum Gasteiger partial charge on any atom is 0.416 e. The van der Waals surface area contributed by atoms with Gasteiger partial charge in [0.05, 0.1) is 24.4 Å². The Morgan fingerprint density at radius 3 is 2.81 bits per heavy atom. The molecule has 2 fully saturated rings. The lowest BCUT2D eigenvalue weighted by molar-refractivity contribution is -0.137. The van der Waals surface area contributed by atoms with E-state index in [4.69, 9.17) is 4.74 Å². The number of ketones is 1. The average molecular weight is 520 g/mol. The molecule has 0 saturated carbocycles. The van der Waals surface area contributed by atoms with Crippen LogP contribution in [0.5, 0.6) is 0 Å². The highest BCUT2D eigenvalue weighted by molar-refractivity contribution is 7.99. The standard InChI is InChI=1S/C27H32F3N3O2S/c28-27(29,30)22-5-4-19-6-9-32(13-20(19)11-22)15-25(34)12-21-14-33(24-7-10-35-17-24)16-26(21)36-18-23-3-1-2-8-31-23/h1-5,8,11,21,24,26H,6-7,9-10,12-18H2/t21?,24?,26-/m0/s1.